The molecule has 0 amide bonds. The van der Waals surface area contributed by atoms with E-state index in [1.807, 2.05) is 0 Å². The number of rotatable bonds is 9. The van der Waals surface area contributed by atoms with Gasteiger partial charge >= 0.3 is 0 Å². The zero-order valence-electron chi connectivity index (χ0n) is 23.2. The summed E-state index contributed by atoms with van der Waals surface area (Å²) < 4.78 is 0. The molecule has 0 spiro atoms. The highest BCUT2D eigenvalue weighted by atomic mass is 14.3. The van der Waals surface area contributed by atoms with Crippen molar-refractivity contribution in [1.29, 1.82) is 0 Å². The second kappa shape index (κ2) is 11.0. The molecule has 0 fully saturated rings. The van der Waals surface area contributed by atoms with Crippen LogP contribution in [0.4, 0.5) is 0 Å². The highest BCUT2D eigenvalue weighted by Crippen LogP contribution is 2.36. The fourth-order valence-electron chi connectivity index (χ4n) is 5.04. The molecule has 0 aromatic heterocycles. The van der Waals surface area contributed by atoms with E-state index in [9.17, 15) is 0 Å². The van der Waals surface area contributed by atoms with Gasteiger partial charge in [-0.05, 0) is 92.9 Å². The van der Waals surface area contributed by atoms with Crippen LogP contribution in [0.15, 0.2) is 24.3 Å². The van der Waals surface area contributed by atoms with Crippen molar-refractivity contribution in [1.82, 2.24) is 0 Å². The molecule has 0 aliphatic carbocycles. The number of benzene rings is 2. The summed E-state index contributed by atoms with van der Waals surface area (Å²) in [6.07, 6.45) is 2.28. The van der Waals surface area contributed by atoms with Gasteiger partial charge in [0.1, 0.15) is 0 Å². The summed E-state index contributed by atoms with van der Waals surface area (Å²) in [6, 6.07) is 10.0. The molecule has 2 aromatic carbocycles. The standard InChI is InChI=1S/C32H50/c1-19(2)25-15-29(21(5)6)27(30(16-25)22(7)8)13-14-28-31(23(9)10)17-26(20(3)4)18-32(28)24(11)12/h15-24H,13-14H2,1-12H3. The molecule has 0 unspecified atom stereocenters. The summed E-state index contributed by atoms with van der Waals surface area (Å²) in [5.41, 5.74) is 12.5. The Hall–Kier alpha value is -1.56. The molecule has 2 aromatic rings. The van der Waals surface area contributed by atoms with E-state index < -0.39 is 0 Å². The van der Waals surface area contributed by atoms with Crippen LogP contribution in [0.1, 0.15) is 163 Å². The maximum Gasteiger partial charge on any atom is -0.0216 e. The average Bonchev–Trinajstić information content (AvgIpc) is 2.70. The lowest BCUT2D eigenvalue weighted by Crippen LogP contribution is -2.11. The van der Waals surface area contributed by atoms with E-state index in [1.54, 1.807) is 33.4 Å². The molecule has 32 heavy (non-hydrogen) atoms. The molecule has 0 radical (unpaired) electrons. The zero-order chi connectivity index (χ0) is 24.3. The Morgan fingerprint density at radius 1 is 0.375 bits per heavy atom. The summed E-state index contributed by atoms with van der Waals surface area (Å²) in [5.74, 6) is 3.36. The molecule has 0 heterocycles. The van der Waals surface area contributed by atoms with Crippen molar-refractivity contribution in [3.05, 3.63) is 68.8 Å². The molecule has 0 saturated heterocycles. The van der Waals surface area contributed by atoms with Crippen LogP contribution in [0.5, 0.6) is 0 Å². The van der Waals surface area contributed by atoms with Crippen molar-refractivity contribution in [2.24, 2.45) is 0 Å². The Labute approximate surface area is 200 Å². The van der Waals surface area contributed by atoms with Gasteiger partial charge in [-0.3, -0.25) is 0 Å². The number of hydrogen-bond donors (Lipinski definition) is 0. The smallest absolute Gasteiger partial charge is 0.0216 e. The quantitative estimate of drug-likeness (QED) is 0.368. The molecule has 178 valence electrons. The van der Waals surface area contributed by atoms with Gasteiger partial charge in [0.25, 0.3) is 0 Å². The van der Waals surface area contributed by atoms with Gasteiger partial charge in [0.05, 0.1) is 0 Å². The van der Waals surface area contributed by atoms with Crippen LogP contribution in [-0.4, -0.2) is 0 Å². The van der Waals surface area contributed by atoms with Crippen molar-refractivity contribution in [2.45, 2.75) is 131 Å². The van der Waals surface area contributed by atoms with Gasteiger partial charge in [0.2, 0.25) is 0 Å². The lowest BCUT2D eigenvalue weighted by Gasteiger charge is -2.26. The average molecular weight is 435 g/mol. The van der Waals surface area contributed by atoms with Gasteiger partial charge in [-0.15, -0.1) is 0 Å². The molecule has 0 aliphatic heterocycles. The molecule has 0 atom stereocenters. The highest BCUT2D eigenvalue weighted by molar-refractivity contribution is 5.47. The second-order valence-corrected chi connectivity index (χ2v) is 11.8. The SMILES string of the molecule is CC(C)c1cc(C(C)C)c(CCc2c(C(C)C)cc(C(C)C)cc2C(C)C)c(C(C)C)c1. The lowest BCUT2D eigenvalue weighted by atomic mass is 9.79. The third kappa shape index (κ3) is 6.06. The van der Waals surface area contributed by atoms with Crippen LogP contribution in [-0.2, 0) is 12.8 Å². The van der Waals surface area contributed by atoms with E-state index >= 15 is 0 Å². The minimum Gasteiger partial charge on any atom is -0.0587 e. The van der Waals surface area contributed by atoms with Crippen LogP contribution >= 0.6 is 0 Å². The Balaban J connectivity index is 2.63. The van der Waals surface area contributed by atoms with E-state index in [4.69, 9.17) is 0 Å². The van der Waals surface area contributed by atoms with E-state index in [0.717, 1.165) is 12.8 Å². The molecule has 0 nitrogen and oxygen atoms in total. The Morgan fingerprint density at radius 2 is 0.594 bits per heavy atom. The first kappa shape index (κ1) is 26.7. The third-order valence-corrected chi connectivity index (χ3v) is 7.13. The van der Waals surface area contributed by atoms with Crippen molar-refractivity contribution >= 4 is 0 Å². The molecule has 0 bridgehead atoms. The molecular formula is C32H50. The van der Waals surface area contributed by atoms with Crippen molar-refractivity contribution in [3.63, 3.8) is 0 Å². The Kier molecular flexibility index (Phi) is 9.21. The van der Waals surface area contributed by atoms with Crippen molar-refractivity contribution < 1.29 is 0 Å². The van der Waals surface area contributed by atoms with Crippen LogP contribution in [0, 0.1) is 0 Å². The van der Waals surface area contributed by atoms with Crippen molar-refractivity contribution in [3.8, 4) is 0 Å². The van der Waals surface area contributed by atoms with E-state index in [1.165, 1.54) is 11.1 Å². The summed E-state index contributed by atoms with van der Waals surface area (Å²) in [4.78, 5) is 0. The molecule has 2 rings (SSSR count). The normalized spacial score (nSPS) is 12.4. The molecular weight excluding hydrogens is 384 g/mol. The van der Waals surface area contributed by atoms with Crippen LogP contribution in [0.3, 0.4) is 0 Å². The lowest BCUT2D eigenvalue weighted by molar-refractivity contribution is 0.743. The van der Waals surface area contributed by atoms with Crippen molar-refractivity contribution in [2.75, 3.05) is 0 Å². The van der Waals surface area contributed by atoms with Gasteiger partial charge in [-0.1, -0.05) is 107 Å². The topological polar surface area (TPSA) is 0 Å². The molecule has 0 aliphatic rings. The van der Waals surface area contributed by atoms with Crippen LogP contribution in [0.2, 0.25) is 0 Å². The fraction of sp³-hybridized carbons (Fsp3) is 0.625. The first-order valence-electron chi connectivity index (χ1n) is 13.2. The summed E-state index contributed by atoms with van der Waals surface area (Å²) in [7, 11) is 0. The van der Waals surface area contributed by atoms with E-state index in [0.29, 0.717) is 35.5 Å². The highest BCUT2D eigenvalue weighted by Gasteiger charge is 2.20. The first-order chi connectivity index (χ1) is 14.8. The third-order valence-electron chi connectivity index (χ3n) is 7.13. The monoisotopic (exact) mass is 434 g/mol. The summed E-state index contributed by atoms with van der Waals surface area (Å²) in [5, 5.41) is 0. The second-order valence-electron chi connectivity index (χ2n) is 11.8. The predicted molar refractivity (Wildman–Crippen MR) is 145 cm³/mol. The Bertz CT molecular complexity index is 757. The van der Waals surface area contributed by atoms with Gasteiger partial charge in [-0.25, -0.2) is 0 Å². The van der Waals surface area contributed by atoms with Gasteiger partial charge < -0.3 is 0 Å². The maximum atomic E-state index is 2.51. The maximum absolute atomic E-state index is 2.51. The molecule has 0 N–H and O–H groups in total. The van der Waals surface area contributed by atoms with Gasteiger partial charge in [-0.2, -0.15) is 0 Å². The predicted octanol–water partition coefficient (Wildman–Crippen LogP) is 10.2. The minimum atomic E-state index is 0.554. The Morgan fingerprint density at radius 3 is 0.750 bits per heavy atom. The summed E-state index contributed by atoms with van der Waals surface area (Å²) in [6.45, 7) is 28.2. The van der Waals surface area contributed by atoms with E-state index in [2.05, 4.69) is 107 Å². The van der Waals surface area contributed by atoms with E-state index in [-0.39, 0.29) is 0 Å². The van der Waals surface area contributed by atoms with Gasteiger partial charge in [0, 0.05) is 0 Å². The van der Waals surface area contributed by atoms with Crippen LogP contribution in [0.25, 0.3) is 0 Å². The summed E-state index contributed by atoms with van der Waals surface area (Å²) >= 11 is 0. The van der Waals surface area contributed by atoms with Gasteiger partial charge in [0.15, 0.2) is 0 Å². The largest absolute Gasteiger partial charge is 0.0587 e. The molecule has 0 heteroatoms. The first-order valence-corrected chi connectivity index (χ1v) is 13.2. The number of hydrogen-bond acceptors (Lipinski definition) is 0. The van der Waals surface area contributed by atoms with Crippen LogP contribution < -0.4 is 0 Å². The minimum absolute atomic E-state index is 0.554. The fourth-order valence-corrected chi connectivity index (χ4v) is 5.04. The zero-order valence-corrected chi connectivity index (χ0v) is 23.2. The molecule has 0 saturated carbocycles.